The molecule has 2 aromatic rings. The number of ether oxygens (including phenoxy) is 1. The van der Waals surface area contributed by atoms with Crippen LogP contribution in [0.5, 0.6) is 5.75 Å². The predicted octanol–water partition coefficient (Wildman–Crippen LogP) is 4.90. The standard InChI is InChI=1S/C17H17ClO2/c1-2-3-5-13-8-10-14(11-9-13)17(19)20-16-7-4-6-15(18)12-16/h4,6-12H,2-3,5H2,1H3. The number of rotatable bonds is 5. The van der Waals surface area contributed by atoms with E-state index in [4.69, 9.17) is 16.3 Å². The van der Waals surface area contributed by atoms with Gasteiger partial charge in [0.2, 0.25) is 0 Å². The summed E-state index contributed by atoms with van der Waals surface area (Å²) in [5.74, 6) is 0.0897. The first-order chi connectivity index (χ1) is 9.69. The van der Waals surface area contributed by atoms with Gasteiger partial charge in [0.05, 0.1) is 5.56 Å². The van der Waals surface area contributed by atoms with Crippen LogP contribution in [0.1, 0.15) is 35.7 Å². The molecule has 2 nitrogen and oxygen atoms in total. The molecule has 0 unspecified atom stereocenters. The molecule has 0 saturated heterocycles. The lowest BCUT2D eigenvalue weighted by atomic mass is 10.1. The first kappa shape index (κ1) is 14.6. The van der Waals surface area contributed by atoms with Gasteiger partial charge in [0.1, 0.15) is 5.75 Å². The first-order valence-corrected chi connectivity index (χ1v) is 7.13. The van der Waals surface area contributed by atoms with Crippen molar-refractivity contribution in [3.63, 3.8) is 0 Å². The Bertz CT molecular complexity index is 576. The Balaban J connectivity index is 2.02. The summed E-state index contributed by atoms with van der Waals surface area (Å²) in [4.78, 5) is 12.0. The van der Waals surface area contributed by atoms with Gasteiger partial charge in [-0.25, -0.2) is 4.79 Å². The van der Waals surface area contributed by atoms with Crippen LogP contribution in [0.3, 0.4) is 0 Å². The number of unbranched alkanes of at least 4 members (excludes halogenated alkanes) is 1. The SMILES string of the molecule is CCCCc1ccc(C(=O)Oc2cccc(Cl)c2)cc1. The van der Waals surface area contributed by atoms with Crippen molar-refractivity contribution in [3.8, 4) is 5.75 Å². The minimum Gasteiger partial charge on any atom is -0.423 e. The number of hydrogen-bond donors (Lipinski definition) is 0. The molecular weight excluding hydrogens is 272 g/mol. The fourth-order valence-electron chi connectivity index (χ4n) is 1.88. The van der Waals surface area contributed by atoms with E-state index in [0.717, 1.165) is 12.8 Å². The molecule has 0 atom stereocenters. The van der Waals surface area contributed by atoms with E-state index in [-0.39, 0.29) is 5.97 Å². The highest BCUT2D eigenvalue weighted by molar-refractivity contribution is 6.30. The van der Waals surface area contributed by atoms with Crippen LogP contribution in [0.2, 0.25) is 5.02 Å². The minimum atomic E-state index is -0.366. The third-order valence-electron chi connectivity index (χ3n) is 3.02. The van der Waals surface area contributed by atoms with Crippen molar-refractivity contribution in [3.05, 3.63) is 64.7 Å². The van der Waals surface area contributed by atoms with E-state index in [1.807, 2.05) is 12.1 Å². The fourth-order valence-corrected chi connectivity index (χ4v) is 2.07. The maximum absolute atomic E-state index is 12.0. The molecule has 0 N–H and O–H groups in total. The van der Waals surface area contributed by atoms with Crippen molar-refractivity contribution >= 4 is 17.6 Å². The maximum Gasteiger partial charge on any atom is 0.343 e. The Morgan fingerprint density at radius 3 is 2.55 bits per heavy atom. The summed E-state index contributed by atoms with van der Waals surface area (Å²) in [5, 5.41) is 0.546. The van der Waals surface area contributed by atoms with Crippen LogP contribution >= 0.6 is 11.6 Å². The van der Waals surface area contributed by atoms with E-state index in [9.17, 15) is 4.79 Å². The quantitative estimate of drug-likeness (QED) is 0.578. The molecule has 0 radical (unpaired) electrons. The third-order valence-corrected chi connectivity index (χ3v) is 3.25. The van der Waals surface area contributed by atoms with E-state index in [1.54, 1.807) is 36.4 Å². The van der Waals surface area contributed by atoms with Crippen LogP contribution in [0.25, 0.3) is 0 Å². The number of aryl methyl sites for hydroxylation is 1. The van der Waals surface area contributed by atoms with Crippen LogP contribution < -0.4 is 4.74 Å². The normalized spacial score (nSPS) is 10.3. The molecule has 0 aliphatic carbocycles. The molecule has 0 heterocycles. The molecule has 0 aliphatic rings. The zero-order chi connectivity index (χ0) is 14.4. The van der Waals surface area contributed by atoms with Crippen molar-refractivity contribution in [2.24, 2.45) is 0 Å². The Hall–Kier alpha value is -1.80. The Morgan fingerprint density at radius 2 is 1.90 bits per heavy atom. The van der Waals surface area contributed by atoms with Crippen molar-refractivity contribution in [1.82, 2.24) is 0 Å². The zero-order valence-corrected chi connectivity index (χ0v) is 12.2. The fraction of sp³-hybridized carbons (Fsp3) is 0.235. The van der Waals surface area contributed by atoms with Gasteiger partial charge in [0, 0.05) is 5.02 Å². The van der Waals surface area contributed by atoms with Crippen LogP contribution in [-0.2, 0) is 6.42 Å². The van der Waals surface area contributed by atoms with Gasteiger partial charge in [0.15, 0.2) is 0 Å². The average Bonchev–Trinajstić information content (AvgIpc) is 2.45. The number of benzene rings is 2. The number of carbonyl (C=O) groups is 1. The summed E-state index contributed by atoms with van der Waals surface area (Å²) in [6, 6.07) is 14.4. The van der Waals surface area contributed by atoms with Crippen LogP contribution in [0, 0.1) is 0 Å². The van der Waals surface area contributed by atoms with E-state index in [0.29, 0.717) is 16.3 Å². The van der Waals surface area contributed by atoms with Gasteiger partial charge in [-0.15, -0.1) is 0 Å². The van der Waals surface area contributed by atoms with E-state index >= 15 is 0 Å². The van der Waals surface area contributed by atoms with Crippen molar-refractivity contribution < 1.29 is 9.53 Å². The predicted molar refractivity (Wildman–Crippen MR) is 81.5 cm³/mol. The van der Waals surface area contributed by atoms with Gasteiger partial charge < -0.3 is 4.74 Å². The van der Waals surface area contributed by atoms with Gasteiger partial charge in [0.25, 0.3) is 0 Å². The summed E-state index contributed by atoms with van der Waals surface area (Å²) in [7, 11) is 0. The molecule has 0 spiro atoms. The summed E-state index contributed by atoms with van der Waals surface area (Å²) >= 11 is 5.85. The molecule has 3 heteroatoms. The van der Waals surface area contributed by atoms with Crippen molar-refractivity contribution in [2.75, 3.05) is 0 Å². The molecular formula is C17H17ClO2. The van der Waals surface area contributed by atoms with Gasteiger partial charge in [-0.1, -0.05) is 43.1 Å². The summed E-state index contributed by atoms with van der Waals surface area (Å²) in [5.41, 5.74) is 1.79. The molecule has 0 aliphatic heterocycles. The lowest BCUT2D eigenvalue weighted by Crippen LogP contribution is -2.08. The lowest BCUT2D eigenvalue weighted by molar-refractivity contribution is 0.0735. The lowest BCUT2D eigenvalue weighted by Gasteiger charge is -2.05. The van der Waals surface area contributed by atoms with Crippen LogP contribution in [0.4, 0.5) is 0 Å². The highest BCUT2D eigenvalue weighted by atomic mass is 35.5. The molecule has 0 aromatic heterocycles. The maximum atomic E-state index is 12.0. The van der Waals surface area contributed by atoms with E-state index in [2.05, 4.69) is 6.92 Å². The number of esters is 1. The van der Waals surface area contributed by atoms with E-state index < -0.39 is 0 Å². The summed E-state index contributed by atoms with van der Waals surface area (Å²) < 4.78 is 5.28. The van der Waals surface area contributed by atoms with Gasteiger partial charge >= 0.3 is 5.97 Å². The highest BCUT2D eigenvalue weighted by Crippen LogP contribution is 2.18. The topological polar surface area (TPSA) is 26.3 Å². The average molecular weight is 289 g/mol. The highest BCUT2D eigenvalue weighted by Gasteiger charge is 2.08. The smallest absolute Gasteiger partial charge is 0.343 e. The van der Waals surface area contributed by atoms with Gasteiger partial charge in [-0.3, -0.25) is 0 Å². The second-order valence-electron chi connectivity index (χ2n) is 4.65. The second kappa shape index (κ2) is 7.11. The number of carbonyl (C=O) groups excluding carboxylic acids is 1. The Labute approximate surface area is 124 Å². The van der Waals surface area contributed by atoms with Crippen molar-refractivity contribution in [2.45, 2.75) is 26.2 Å². The number of halogens is 1. The first-order valence-electron chi connectivity index (χ1n) is 6.75. The van der Waals surface area contributed by atoms with E-state index in [1.165, 1.54) is 12.0 Å². The largest absolute Gasteiger partial charge is 0.423 e. The second-order valence-corrected chi connectivity index (χ2v) is 5.08. The summed E-state index contributed by atoms with van der Waals surface area (Å²) in [6.45, 7) is 2.16. The molecule has 104 valence electrons. The molecule has 20 heavy (non-hydrogen) atoms. The molecule has 0 saturated carbocycles. The molecule has 0 amide bonds. The monoisotopic (exact) mass is 288 g/mol. The van der Waals surface area contributed by atoms with Crippen LogP contribution in [-0.4, -0.2) is 5.97 Å². The molecule has 2 aromatic carbocycles. The van der Waals surface area contributed by atoms with Gasteiger partial charge in [-0.2, -0.15) is 0 Å². The Kier molecular flexibility index (Phi) is 5.19. The van der Waals surface area contributed by atoms with Crippen LogP contribution in [0.15, 0.2) is 48.5 Å². The zero-order valence-electron chi connectivity index (χ0n) is 11.4. The van der Waals surface area contributed by atoms with Gasteiger partial charge in [-0.05, 0) is 48.7 Å². The molecule has 2 rings (SSSR count). The summed E-state index contributed by atoms with van der Waals surface area (Å²) in [6.07, 6.45) is 3.37. The van der Waals surface area contributed by atoms with Crippen molar-refractivity contribution in [1.29, 1.82) is 0 Å². The minimum absolute atomic E-state index is 0.366. The molecule has 0 fully saturated rings. The molecule has 0 bridgehead atoms. The Morgan fingerprint density at radius 1 is 1.15 bits per heavy atom. The third kappa shape index (κ3) is 4.10. The number of hydrogen-bond acceptors (Lipinski definition) is 2.